The molecular formula is C12H21N3O2S. The van der Waals surface area contributed by atoms with E-state index in [2.05, 4.69) is 11.4 Å². The molecule has 2 unspecified atom stereocenters. The van der Waals surface area contributed by atoms with E-state index in [1.54, 1.807) is 0 Å². The predicted molar refractivity (Wildman–Crippen MR) is 69.9 cm³/mol. The number of nitrogens with one attached hydrogen (secondary N) is 1. The van der Waals surface area contributed by atoms with Gasteiger partial charge in [0, 0.05) is 18.6 Å². The van der Waals surface area contributed by atoms with Gasteiger partial charge in [-0.2, -0.15) is 5.26 Å². The molecular weight excluding hydrogens is 250 g/mol. The number of rotatable bonds is 5. The van der Waals surface area contributed by atoms with Gasteiger partial charge < -0.3 is 0 Å². The van der Waals surface area contributed by atoms with Crippen molar-refractivity contribution in [2.24, 2.45) is 0 Å². The Hall–Kier alpha value is -0.640. The molecule has 2 fully saturated rings. The van der Waals surface area contributed by atoms with Gasteiger partial charge in [0.1, 0.15) is 5.54 Å². The molecule has 1 aliphatic carbocycles. The summed E-state index contributed by atoms with van der Waals surface area (Å²) in [5, 5.41) is 12.6. The lowest BCUT2D eigenvalue weighted by molar-refractivity contribution is 0.210. The van der Waals surface area contributed by atoms with E-state index in [0.29, 0.717) is 19.0 Å². The van der Waals surface area contributed by atoms with Gasteiger partial charge in [-0.3, -0.25) is 10.2 Å². The van der Waals surface area contributed by atoms with Crippen LogP contribution in [0.5, 0.6) is 0 Å². The topological polar surface area (TPSA) is 73.2 Å². The molecule has 0 aromatic carbocycles. The first-order valence-electron chi connectivity index (χ1n) is 6.43. The minimum atomic E-state index is -2.86. The first-order chi connectivity index (χ1) is 8.34. The summed E-state index contributed by atoms with van der Waals surface area (Å²) in [6, 6.07) is 2.85. The summed E-state index contributed by atoms with van der Waals surface area (Å²) in [4.78, 5) is 2.02. The molecule has 2 aliphatic rings. The standard InChI is InChI=1S/C12H21N3O2S/c1-12(8-13,14-10-3-4-10)9-15(2)11-5-6-18(16,17)7-11/h10-11,14H,3-7,9H2,1-2H3. The van der Waals surface area contributed by atoms with E-state index >= 15 is 0 Å². The summed E-state index contributed by atoms with van der Waals surface area (Å²) in [5.41, 5.74) is -0.581. The Morgan fingerprint density at radius 3 is 2.56 bits per heavy atom. The zero-order valence-electron chi connectivity index (χ0n) is 11.0. The molecule has 0 aromatic heterocycles. The summed E-state index contributed by atoms with van der Waals surface area (Å²) < 4.78 is 22.9. The number of hydrogen-bond acceptors (Lipinski definition) is 5. The highest BCUT2D eigenvalue weighted by molar-refractivity contribution is 7.91. The van der Waals surface area contributed by atoms with Crippen molar-refractivity contribution in [1.82, 2.24) is 10.2 Å². The zero-order valence-corrected chi connectivity index (χ0v) is 11.8. The summed E-state index contributed by atoms with van der Waals surface area (Å²) >= 11 is 0. The van der Waals surface area contributed by atoms with Gasteiger partial charge in [-0.25, -0.2) is 8.42 Å². The van der Waals surface area contributed by atoms with Crippen molar-refractivity contribution in [3.8, 4) is 6.07 Å². The fourth-order valence-electron chi connectivity index (χ4n) is 2.54. The SMILES string of the molecule is CN(CC(C)(C#N)NC1CC1)C1CCS(=O)(=O)C1. The van der Waals surface area contributed by atoms with E-state index in [1.807, 2.05) is 18.9 Å². The van der Waals surface area contributed by atoms with E-state index in [-0.39, 0.29) is 17.5 Å². The maximum atomic E-state index is 11.5. The maximum Gasteiger partial charge on any atom is 0.151 e. The molecule has 18 heavy (non-hydrogen) atoms. The normalized spacial score (nSPS) is 30.0. The van der Waals surface area contributed by atoms with Crippen LogP contribution in [-0.2, 0) is 9.84 Å². The fourth-order valence-corrected chi connectivity index (χ4v) is 4.35. The van der Waals surface area contributed by atoms with Gasteiger partial charge in [0.05, 0.1) is 17.6 Å². The molecule has 1 aliphatic heterocycles. The molecule has 0 amide bonds. The van der Waals surface area contributed by atoms with Crippen molar-refractivity contribution >= 4 is 9.84 Å². The molecule has 0 bridgehead atoms. The zero-order chi connectivity index (χ0) is 13.4. The molecule has 0 spiro atoms. The average molecular weight is 271 g/mol. The highest BCUT2D eigenvalue weighted by atomic mass is 32.2. The summed E-state index contributed by atoms with van der Waals surface area (Å²) in [6.07, 6.45) is 2.96. The quantitative estimate of drug-likeness (QED) is 0.770. The van der Waals surface area contributed by atoms with Gasteiger partial charge in [0.15, 0.2) is 9.84 Å². The Bertz CT molecular complexity index is 452. The molecule has 1 N–H and O–H groups in total. The third kappa shape index (κ3) is 3.44. The van der Waals surface area contributed by atoms with Gasteiger partial charge in [-0.05, 0) is 33.2 Å². The Kier molecular flexibility index (Phi) is 3.67. The third-order valence-electron chi connectivity index (χ3n) is 3.74. The van der Waals surface area contributed by atoms with Crippen LogP contribution in [0.1, 0.15) is 26.2 Å². The van der Waals surface area contributed by atoms with E-state index < -0.39 is 15.4 Å². The van der Waals surface area contributed by atoms with Gasteiger partial charge in [0.2, 0.25) is 0 Å². The van der Waals surface area contributed by atoms with Crippen LogP contribution in [0.2, 0.25) is 0 Å². The van der Waals surface area contributed by atoms with Crippen LogP contribution in [0, 0.1) is 11.3 Å². The molecule has 2 atom stereocenters. The molecule has 1 saturated carbocycles. The Labute approximate surface area is 109 Å². The minimum absolute atomic E-state index is 0.0590. The Morgan fingerprint density at radius 1 is 1.44 bits per heavy atom. The highest BCUT2D eigenvalue weighted by Gasteiger charge is 2.37. The summed E-state index contributed by atoms with van der Waals surface area (Å²) in [5.74, 6) is 0.510. The lowest BCUT2D eigenvalue weighted by atomic mass is 10.0. The number of likely N-dealkylation sites (N-methyl/N-ethyl adjacent to an activating group) is 1. The van der Waals surface area contributed by atoms with Crippen LogP contribution in [0.25, 0.3) is 0 Å². The molecule has 6 heteroatoms. The molecule has 1 saturated heterocycles. The molecule has 2 rings (SSSR count). The van der Waals surface area contributed by atoms with Crippen LogP contribution in [0.15, 0.2) is 0 Å². The number of nitrogens with zero attached hydrogens (tertiary/aromatic N) is 2. The van der Waals surface area contributed by atoms with Crippen LogP contribution in [0.4, 0.5) is 0 Å². The predicted octanol–water partition coefficient (Wildman–Crippen LogP) is 0.140. The Morgan fingerprint density at radius 2 is 2.11 bits per heavy atom. The molecule has 5 nitrogen and oxygen atoms in total. The van der Waals surface area contributed by atoms with Crippen LogP contribution >= 0.6 is 0 Å². The smallest absolute Gasteiger partial charge is 0.151 e. The van der Waals surface area contributed by atoms with Gasteiger partial charge in [-0.1, -0.05) is 0 Å². The summed E-state index contributed by atoms with van der Waals surface area (Å²) in [7, 11) is -0.946. The minimum Gasteiger partial charge on any atom is -0.299 e. The monoisotopic (exact) mass is 271 g/mol. The first-order valence-corrected chi connectivity index (χ1v) is 8.25. The van der Waals surface area contributed by atoms with Crippen molar-refractivity contribution in [1.29, 1.82) is 5.26 Å². The van der Waals surface area contributed by atoms with Gasteiger partial charge >= 0.3 is 0 Å². The van der Waals surface area contributed by atoms with Crippen molar-refractivity contribution in [2.75, 3.05) is 25.1 Å². The van der Waals surface area contributed by atoms with Crippen molar-refractivity contribution in [3.63, 3.8) is 0 Å². The van der Waals surface area contributed by atoms with E-state index in [0.717, 1.165) is 12.8 Å². The maximum absolute atomic E-state index is 11.5. The van der Waals surface area contributed by atoms with Gasteiger partial charge in [0.25, 0.3) is 0 Å². The average Bonchev–Trinajstić information content (AvgIpc) is 3.00. The van der Waals surface area contributed by atoms with E-state index in [4.69, 9.17) is 0 Å². The third-order valence-corrected chi connectivity index (χ3v) is 5.49. The van der Waals surface area contributed by atoms with Gasteiger partial charge in [-0.15, -0.1) is 0 Å². The van der Waals surface area contributed by atoms with Crippen molar-refractivity contribution < 1.29 is 8.42 Å². The van der Waals surface area contributed by atoms with E-state index in [9.17, 15) is 13.7 Å². The molecule has 1 heterocycles. The first kappa shape index (κ1) is 13.8. The van der Waals surface area contributed by atoms with Crippen LogP contribution < -0.4 is 5.32 Å². The van der Waals surface area contributed by atoms with Crippen molar-refractivity contribution in [3.05, 3.63) is 0 Å². The highest BCUT2D eigenvalue weighted by Crippen LogP contribution is 2.24. The lowest BCUT2D eigenvalue weighted by Gasteiger charge is -2.32. The molecule has 0 radical (unpaired) electrons. The Balaban J connectivity index is 1.93. The number of sulfone groups is 1. The lowest BCUT2D eigenvalue weighted by Crippen LogP contribution is -2.52. The largest absolute Gasteiger partial charge is 0.299 e. The second-order valence-corrected chi connectivity index (χ2v) is 8.06. The van der Waals surface area contributed by atoms with Crippen molar-refractivity contribution in [2.45, 2.75) is 43.8 Å². The summed E-state index contributed by atoms with van der Waals surface area (Å²) in [6.45, 7) is 2.46. The molecule has 0 aromatic rings. The van der Waals surface area contributed by atoms with Crippen LogP contribution in [0.3, 0.4) is 0 Å². The number of nitriles is 1. The number of hydrogen-bond donors (Lipinski definition) is 1. The fraction of sp³-hybridized carbons (Fsp3) is 0.917. The van der Waals surface area contributed by atoms with E-state index in [1.165, 1.54) is 0 Å². The second-order valence-electron chi connectivity index (χ2n) is 5.83. The van der Waals surface area contributed by atoms with Crippen LogP contribution in [-0.4, -0.2) is 56.0 Å². The second kappa shape index (κ2) is 4.80. The molecule has 102 valence electrons.